The van der Waals surface area contributed by atoms with Gasteiger partial charge in [-0.15, -0.1) is 0 Å². The highest BCUT2D eigenvalue weighted by molar-refractivity contribution is 5.90. The monoisotopic (exact) mass is 393 g/mol. The standard InChI is InChI=1S/C21H22F3NO3/c22-21(23,24)19(26)13-6-1-2-7-14-20(27)25-16-9-8-12-18(15-16)28-17-10-4-3-5-11-17/h3-5,8-12,15H,1-2,6-7,13-14H2,(H,25,27). The third-order valence-corrected chi connectivity index (χ3v) is 3.97. The van der Waals surface area contributed by atoms with Crippen molar-refractivity contribution in [2.45, 2.75) is 44.7 Å². The van der Waals surface area contributed by atoms with Gasteiger partial charge in [0.2, 0.25) is 11.7 Å². The molecular formula is C21H22F3NO3. The molecule has 0 aliphatic carbocycles. The molecule has 0 saturated carbocycles. The third kappa shape index (κ3) is 7.82. The highest BCUT2D eigenvalue weighted by Crippen LogP contribution is 2.24. The first kappa shape index (κ1) is 21.5. The molecule has 150 valence electrons. The fraction of sp³-hybridized carbons (Fsp3) is 0.333. The molecule has 0 spiro atoms. The normalized spacial score (nSPS) is 11.1. The van der Waals surface area contributed by atoms with E-state index in [4.69, 9.17) is 4.74 Å². The smallest absolute Gasteiger partial charge is 0.449 e. The minimum Gasteiger partial charge on any atom is -0.457 e. The molecule has 0 bridgehead atoms. The number of Topliss-reactive ketones (excluding diaryl/α,β-unsaturated/α-hetero) is 1. The number of nitrogens with one attached hydrogen (secondary N) is 1. The van der Waals surface area contributed by atoms with E-state index in [-0.39, 0.29) is 18.7 Å². The average Bonchev–Trinajstić information content (AvgIpc) is 2.64. The minimum absolute atomic E-state index is 0.178. The summed E-state index contributed by atoms with van der Waals surface area (Å²) in [6, 6.07) is 16.3. The first-order valence-electron chi connectivity index (χ1n) is 9.07. The lowest BCUT2D eigenvalue weighted by molar-refractivity contribution is -0.171. The number of amides is 1. The minimum atomic E-state index is -4.75. The Morgan fingerprint density at radius 2 is 1.46 bits per heavy atom. The highest BCUT2D eigenvalue weighted by atomic mass is 19.4. The van der Waals surface area contributed by atoms with Crippen molar-refractivity contribution in [1.29, 1.82) is 0 Å². The Balaban J connectivity index is 1.68. The van der Waals surface area contributed by atoms with Crippen molar-refractivity contribution >= 4 is 17.4 Å². The fourth-order valence-electron chi connectivity index (χ4n) is 2.55. The molecule has 7 heteroatoms. The van der Waals surface area contributed by atoms with Gasteiger partial charge in [-0.25, -0.2) is 0 Å². The highest BCUT2D eigenvalue weighted by Gasteiger charge is 2.36. The van der Waals surface area contributed by atoms with Crippen molar-refractivity contribution in [3.05, 3.63) is 54.6 Å². The van der Waals surface area contributed by atoms with Crippen LogP contribution in [0.3, 0.4) is 0 Å². The van der Waals surface area contributed by atoms with Crippen molar-refractivity contribution in [3.63, 3.8) is 0 Å². The van der Waals surface area contributed by atoms with Gasteiger partial charge in [-0.3, -0.25) is 9.59 Å². The Morgan fingerprint density at radius 3 is 2.14 bits per heavy atom. The molecule has 0 saturated heterocycles. The summed E-state index contributed by atoms with van der Waals surface area (Å²) < 4.78 is 41.9. The number of benzene rings is 2. The van der Waals surface area contributed by atoms with E-state index in [0.717, 1.165) is 0 Å². The predicted octanol–water partition coefficient (Wildman–Crippen LogP) is 5.89. The van der Waals surface area contributed by atoms with Crippen LogP contribution in [-0.2, 0) is 9.59 Å². The second-order valence-corrected chi connectivity index (χ2v) is 6.33. The van der Waals surface area contributed by atoms with Crippen molar-refractivity contribution < 1.29 is 27.5 Å². The van der Waals surface area contributed by atoms with Gasteiger partial charge in [0, 0.05) is 24.6 Å². The fourth-order valence-corrected chi connectivity index (χ4v) is 2.55. The molecule has 0 heterocycles. The van der Waals surface area contributed by atoms with Crippen LogP contribution in [0.5, 0.6) is 11.5 Å². The maximum absolute atomic E-state index is 12.1. The lowest BCUT2D eigenvalue weighted by Gasteiger charge is -2.09. The molecule has 0 aromatic heterocycles. The van der Waals surface area contributed by atoms with Crippen LogP contribution < -0.4 is 10.1 Å². The summed E-state index contributed by atoms with van der Waals surface area (Å²) in [6.45, 7) is 0. The Labute approximate surface area is 161 Å². The van der Waals surface area contributed by atoms with E-state index in [1.165, 1.54) is 0 Å². The number of alkyl halides is 3. The van der Waals surface area contributed by atoms with Gasteiger partial charge >= 0.3 is 6.18 Å². The lowest BCUT2D eigenvalue weighted by Crippen LogP contribution is -2.22. The molecule has 1 N–H and O–H groups in total. The van der Waals surface area contributed by atoms with Gasteiger partial charge in [-0.05, 0) is 37.1 Å². The lowest BCUT2D eigenvalue weighted by atomic mass is 10.1. The van der Waals surface area contributed by atoms with E-state index in [2.05, 4.69) is 5.32 Å². The van der Waals surface area contributed by atoms with Crippen molar-refractivity contribution in [2.24, 2.45) is 0 Å². The van der Waals surface area contributed by atoms with Gasteiger partial charge in [0.25, 0.3) is 0 Å². The number of carbonyl (C=O) groups is 2. The molecule has 4 nitrogen and oxygen atoms in total. The number of para-hydroxylation sites is 1. The number of hydrogen-bond acceptors (Lipinski definition) is 3. The number of hydrogen-bond donors (Lipinski definition) is 1. The summed E-state index contributed by atoms with van der Waals surface area (Å²) in [6.07, 6.45) is -3.18. The van der Waals surface area contributed by atoms with Crippen LogP contribution in [0.4, 0.5) is 18.9 Å². The summed E-state index contributed by atoms with van der Waals surface area (Å²) in [4.78, 5) is 22.8. The number of ketones is 1. The van der Waals surface area contributed by atoms with E-state index in [1.807, 2.05) is 30.3 Å². The zero-order valence-electron chi connectivity index (χ0n) is 15.3. The molecule has 0 unspecified atom stereocenters. The molecule has 0 radical (unpaired) electrons. The number of unbranched alkanes of at least 4 members (excludes halogenated alkanes) is 3. The maximum Gasteiger partial charge on any atom is 0.449 e. The van der Waals surface area contributed by atoms with E-state index in [0.29, 0.717) is 36.4 Å². The molecule has 1 amide bonds. The number of carbonyl (C=O) groups excluding carboxylic acids is 2. The van der Waals surface area contributed by atoms with Crippen molar-refractivity contribution in [3.8, 4) is 11.5 Å². The summed E-state index contributed by atoms with van der Waals surface area (Å²) >= 11 is 0. The molecule has 0 fully saturated rings. The second kappa shape index (κ2) is 10.5. The van der Waals surface area contributed by atoms with Crippen molar-refractivity contribution in [1.82, 2.24) is 0 Å². The quantitative estimate of drug-likeness (QED) is 0.512. The zero-order valence-corrected chi connectivity index (χ0v) is 15.3. The summed E-state index contributed by atoms with van der Waals surface area (Å²) in [7, 11) is 0. The topological polar surface area (TPSA) is 55.4 Å². The molecule has 28 heavy (non-hydrogen) atoms. The second-order valence-electron chi connectivity index (χ2n) is 6.33. The Bertz CT molecular complexity index is 776. The van der Waals surface area contributed by atoms with E-state index >= 15 is 0 Å². The maximum atomic E-state index is 12.1. The van der Waals surface area contributed by atoms with Gasteiger partial charge in [0.05, 0.1) is 0 Å². The SMILES string of the molecule is O=C(CCCCCCC(=O)C(F)(F)F)Nc1cccc(Oc2ccccc2)c1. The molecular weight excluding hydrogens is 371 g/mol. The zero-order chi connectivity index (χ0) is 20.4. The van der Waals surface area contributed by atoms with Gasteiger partial charge in [0.15, 0.2) is 0 Å². The third-order valence-electron chi connectivity index (χ3n) is 3.97. The van der Waals surface area contributed by atoms with E-state index < -0.39 is 18.4 Å². The average molecular weight is 393 g/mol. The molecule has 2 aromatic carbocycles. The first-order chi connectivity index (χ1) is 13.3. The van der Waals surface area contributed by atoms with Crippen LogP contribution in [0.25, 0.3) is 0 Å². The van der Waals surface area contributed by atoms with Crippen LogP contribution >= 0.6 is 0 Å². The van der Waals surface area contributed by atoms with E-state index in [1.54, 1.807) is 24.3 Å². The number of ether oxygens (including phenoxy) is 1. The molecule has 2 aromatic rings. The largest absolute Gasteiger partial charge is 0.457 e. The van der Waals surface area contributed by atoms with Crippen molar-refractivity contribution in [2.75, 3.05) is 5.32 Å². The van der Waals surface area contributed by atoms with Gasteiger partial charge in [-0.1, -0.05) is 37.1 Å². The summed E-state index contributed by atoms with van der Waals surface area (Å²) in [5.74, 6) is -0.584. The predicted molar refractivity (Wildman–Crippen MR) is 100 cm³/mol. The number of rotatable bonds is 10. The molecule has 0 aliphatic heterocycles. The molecule has 2 rings (SSSR count). The van der Waals surface area contributed by atoms with Crippen LogP contribution in [0.1, 0.15) is 38.5 Å². The summed E-state index contributed by atoms with van der Waals surface area (Å²) in [5, 5.41) is 2.78. The Morgan fingerprint density at radius 1 is 0.821 bits per heavy atom. The van der Waals surface area contributed by atoms with Crippen LogP contribution in [0.2, 0.25) is 0 Å². The van der Waals surface area contributed by atoms with Crippen LogP contribution in [0.15, 0.2) is 54.6 Å². The van der Waals surface area contributed by atoms with Gasteiger partial charge < -0.3 is 10.1 Å². The van der Waals surface area contributed by atoms with Gasteiger partial charge in [-0.2, -0.15) is 13.2 Å². The Hall–Kier alpha value is -2.83. The first-order valence-corrected chi connectivity index (χ1v) is 9.07. The van der Waals surface area contributed by atoms with Gasteiger partial charge in [0.1, 0.15) is 11.5 Å². The van der Waals surface area contributed by atoms with Crippen LogP contribution in [-0.4, -0.2) is 17.9 Å². The van der Waals surface area contributed by atoms with E-state index in [9.17, 15) is 22.8 Å². The van der Waals surface area contributed by atoms with Crippen LogP contribution in [0, 0.1) is 0 Å². The molecule has 0 atom stereocenters. The Kier molecular flexibility index (Phi) is 8.04. The number of halogens is 3. The number of anilines is 1. The molecule has 0 aliphatic rings. The summed E-state index contributed by atoms with van der Waals surface area (Å²) in [5.41, 5.74) is 0.606.